The number of hydrogen-bond donors (Lipinski definition) is 2. The van der Waals surface area contributed by atoms with Gasteiger partial charge in [0.15, 0.2) is 0 Å². The average Bonchev–Trinajstić information content (AvgIpc) is 2.21. The van der Waals surface area contributed by atoms with E-state index in [1.54, 1.807) is 0 Å². The molecule has 0 saturated heterocycles. The lowest BCUT2D eigenvalue weighted by atomic mass is 9.77. The van der Waals surface area contributed by atoms with E-state index in [1.165, 1.54) is 12.1 Å². The summed E-state index contributed by atoms with van der Waals surface area (Å²) < 4.78 is 13.3. The summed E-state index contributed by atoms with van der Waals surface area (Å²) in [7, 11) is 0. The lowest BCUT2D eigenvalue weighted by Gasteiger charge is -2.35. The Bertz CT molecular complexity index is 363. The maximum absolute atomic E-state index is 13.3. The minimum absolute atomic E-state index is 0.176. The van der Waals surface area contributed by atoms with Gasteiger partial charge in [0.1, 0.15) is 5.82 Å². The molecule has 0 aliphatic heterocycles. The summed E-state index contributed by atoms with van der Waals surface area (Å²) in [5.41, 5.74) is 6.46. The lowest BCUT2D eigenvalue weighted by Crippen LogP contribution is -2.36. The molecule has 0 spiro atoms. The molecule has 3 heteroatoms. The first-order chi connectivity index (χ1) is 7.49. The number of benzene rings is 1. The molecule has 88 valence electrons. The Morgan fingerprint density at radius 2 is 1.94 bits per heavy atom. The van der Waals surface area contributed by atoms with Crippen molar-refractivity contribution >= 4 is 0 Å². The summed E-state index contributed by atoms with van der Waals surface area (Å²) in [4.78, 5) is 0. The third-order valence-corrected chi connectivity index (χ3v) is 3.44. The summed E-state index contributed by atoms with van der Waals surface area (Å²) in [6.45, 7) is 1.84. The van der Waals surface area contributed by atoms with Gasteiger partial charge in [-0.15, -0.1) is 0 Å². The molecule has 1 aliphatic rings. The summed E-state index contributed by atoms with van der Waals surface area (Å²) in [5.74, 6) is -0.279. The van der Waals surface area contributed by atoms with Crippen LogP contribution in [-0.2, 0) is 5.60 Å². The molecule has 2 rings (SSSR count). The van der Waals surface area contributed by atoms with Crippen molar-refractivity contribution in [2.75, 3.05) is 0 Å². The molecular weight excluding hydrogens is 205 g/mol. The van der Waals surface area contributed by atoms with Crippen molar-refractivity contribution in [1.82, 2.24) is 0 Å². The Morgan fingerprint density at radius 3 is 2.50 bits per heavy atom. The topological polar surface area (TPSA) is 46.2 Å². The largest absolute Gasteiger partial charge is 0.385 e. The van der Waals surface area contributed by atoms with Crippen molar-refractivity contribution in [2.24, 2.45) is 5.73 Å². The van der Waals surface area contributed by atoms with Crippen LogP contribution in [0.2, 0.25) is 0 Å². The van der Waals surface area contributed by atoms with Crippen molar-refractivity contribution in [3.63, 3.8) is 0 Å². The van der Waals surface area contributed by atoms with Gasteiger partial charge in [-0.3, -0.25) is 0 Å². The van der Waals surface area contributed by atoms with Gasteiger partial charge in [-0.2, -0.15) is 0 Å². The summed E-state index contributed by atoms with van der Waals surface area (Å²) in [5, 5.41) is 10.5. The molecular formula is C13H18FNO. The van der Waals surface area contributed by atoms with Gasteiger partial charge in [-0.1, -0.05) is 6.07 Å². The number of aryl methyl sites for hydroxylation is 1. The second kappa shape index (κ2) is 4.15. The molecule has 0 unspecified atom stereocenters. The Kier molecular flexibility index (Phi) is 3.00. The predicted octanol–water partition coefficient (Wildman–Crippen LogP) is 2.22. The van der Waals surface area contributed by atoms with Crippen LogP contribution >= 0.6 is 0 Å². The van der Waals surface area contributed by atoms with E-state index in [0.29, 0.717) is 18.4 Å². The van der Waals surface area contributed by atoms with E-state index >= 15 is 0 Å². The van der Waals surface area contributed by atoms with E-state index in [1.807, 2.05) is 13.0 Å². The molecule has 0 aromatic heterocycles. The minimum atomic E-state index is -0.886. The summed E-state index contributed by atoms with van der Waals surface area (Å²) in [6.07, 6.45) is 2.84. The van der Waals surface area contributed by atoms with Gasteiger partial charge in [0.05, 0.1) is 5.60 Å². The molecule has 0 radical (unpaired) electrons. The smallest absolute Gasteiger partial charge is 0.123 e. The van der Waals surface area contributed by atoms with Gasteiger partial charge in [0.25, 0.3) is 0 Å². The zero-order valence-electron chi connectivity index (χ0n) is 9.54. The fourth-order valence-corrected chi connectivity index (χ4v) is 2.41. The van der Waals surface area contributed by atoms with E-state index in [0.717, 1.165) is 18.4 Å². The molecule has 3 N–H and O–H groups in total. The van der Waals surface area contributed by atoms with Gasteiger partial charge >= 0.3 is 0 Å². The standard InChI is InChI=1S/C13H18FNO/c1-9-6-10(8-11(14)7-9)13(16)4-2-12(15)3-5-13/h6-8,12,16H,2-5,15H2,1H3. The molecule has 1 aliphatic carbocycles. The lowest BCUT2D eigenvalue weighted by molar-refractivity contribution is -0.00526. The van der Waals surface area contributed by atoms with Gasteiger partial charge in [-0.05, 0) is 55.9 Å². The Balaban J connectivity index is 2.28. The van der Waals surface area contributed by atoms with Gasteiger partial charge in [0, 0.05) is 6.04 Å². The van der Waals surface area contributed by atoms with Crippen LogP contribution < -0.4 is 5.73 Å². The highest BCUT2D eigenvalue weighted by molar-refractivity contribution is 5.29. The molecule has 0 bridgehead atoms. The van der Waals surface area contributed by atoms with Crippen LogP contribution in [-0.4, -0.2) is 11.1 Å². The average molecular weight is 223 g/mol. The molecule has 1 aromatic rings. The molecule has 1 aromatic carbocycles. The first kappa shape index (κ1) is 11.6. The second-order valence-corrected chi connectivity index (χ2v) is 4.89. The number of rotatable bonds is 1. The van der Waals surface area contributed by atoms with Crippen LogP contribution in [0.15, 0.2) is 18.2 Å². The molecule has 0 amide bonds. The highest BCUT2D eigenvalue weighted by Gasteiger charge is 2.34. The predicted molar refractivity (Wildman–Crippen MR) is 61.5 cm³/mol. The zero-order chi connectivity index (χ0) is 11.8. The van der Waals surface area contributed by atoms with Crippen LogP contribution in [0.4, 0.5) is 4.39 Å². The van der Waals surface area contributed by atoms with Crippen molar-refractivity contribution in [1.29, 1.82) is 0 Å². The number of halogens is 1. The van der Waals surface area contributed by atoms with E-state index in [-0.39, 0.29) is 11.9 Å². The fraction of sp³-hybridized carbons (Fsp3) is 0.538. The van der Waals surface area contributed by atoms with Crippen molar-refractivity contribution in [3.8, 4) is 0 Å². The minimum Gasteiger partial charge on any atom is -0.385 e. The molecule has 16 heavy (non-hydrogen) atoms. The fourth-order valence-electron chi connectivity index (χ4n) is 2.41. The number of aliphatic hydroxyl groups is 1. The molecule has 0 heterocycles. The van der Waals surface area contributed by atoms with Crippen molar-refractivity contribution in [3.05, 3.63) is 35.1 Å². The van der Waals surface area contributed by atoms with E-state index in [9.17, 15) is 9.50 Å². The molecule has 0 atom stereocenters. The van der Waals surface area contributed by atoms with E-state index in [4.69, 9.17) is 5.73 Å². The van der Waals surface area contributed by atoms with Crippen molar-refractivity contribution in [2.45, 2.75) is 44.2 Å². The van der Waals surface area contributed by atoms with Crippen LogP contribution in [0.3, 0.4) is 0 Å². The first-order valence-corrected chi connectivity index (χ1v) is 5.75. The maximum Gasteiger partial charge on any atom is 0.123 e. The Hall–Kier alpha value is -0.930. The zero-order valence-corrected chi connectivity index (χ0v) is 9.54. The Labute approximate surface area is 95.3 Å². The van der Waals surface area contributed by atoms with E-state index < -0.39 is 5.60 Å². The van der Waals surface area contributed by atoms with Crippen LogP contribution in [0.25, 0.3) is 0 Å². The van der Waals surface area contributed by atoms with Crippen LogP contribution in [0, 0.1) is 12.7 Å². The van der Waals surface area contributed by atoms with Gasteiger partial charge < -0.3 is 10.8 Å². The highest BCUT2D eigenvalue weighted by Crippen LogP contribution is 2.37. The first-order valence-electron chi connectivity index (χ1n) is 5.75. The third kappa shape index (κ3) is 2.25. The van der Waals surface area contributed by atoms with Crippen molar-refractivity contribution < 1.29 is 9.50 Å². The third-order valence-electron chi connectivity index (χ3n) is 3.44. The Morgan fingerprint density at radius 1 is 1.31 bits per heavy atom. The molecule has 2 nitrogen and oxygen atoms in total. The monoisotopic (exact) mass is 223 g/mol. The summed E-state index contributed by atoms with van der Waals surface area (Å²) in [6, 6.07) is 4.94. The SMILES string of the molecule is Cc1cc(F)cc(C2(O)CCC(N)CC2)c1. The van der Waals surface area contributed by atoms with E-state index in [2.05, 4.69) is 0 Å². The van der Waals surface area contributed by atoms with Gasteiger partial charge in [-0.25, -0.2) is 4.39 Å². The number of hydrogen-bond acceptors (Lipinski definition) is 2. The van der Waals surface area contributed by atoms with Crippen LogP contribution in [0.5, 0.6) is 0 Å². The second-order valence-electron chi connectivity index (χ2n) is 4.89. The van der Waals surface area contributed by atoms with Gasteiger partial charge in [0.2, 0.25) is 0 Å². The highest BCUT2D eigenvalue weighted by atomic mass is 19.1. The molecule has 1 saturated carbocycles. The maximum atomic E-state index is 13.3. The number of nitrogens with two attached hydrogens (primary N) is 1. The van der Waals surface area contributed by atoms with Crippen LogP contribution in [0.1, 0.15) is 36.8 Å². The summed E-state index contributed by atoms with van der Waals surface area (Å²) >= 11 is 0. The quantitative estimate of drug-likeness (QED) is 0.767. The molecule has 1 fully saturated rings. The normalized spacial score (nSPS) is 30.4.